The smallest absolute Gasteiger partial charge is 0.252 e. The van der Waals surface area contributed by atoms with E-state index in [-0.39, 0.29) is 35.1 Å². The van der Waals surface area contributed by atoms with Gasteiger partial charge in [0.15, 0.2) is 15.0 Å². The minimum atomic E-state index is -3.17. The molecule has 2 heterocycles. The Morgan fingerprint density at radius 2 is 1.72 bits per heavy atom. The quantitative estimate of drug-likeness (QED) is 0.628. The summed E-state index contributed by atoms with van der Waals surface area (Å²) in [7, 11) is 1.52. The monoisotopic (exact) mass is 476 g/mol. The Bertz CT molecular complexity index is 1150. The summed E-state index contributed by atoms with van der Waals surface area (Å²) < 4.78 is 40.5. The van der Waals surface area contributed by atoms with Crippen LogP contribution in [0.15, 0.2) is 47.5 Å². The van der Waals surface area contributed by atoms with Crippen LogP contribution in [0.25, 0.3) is 0 Å². The maximum atomic E-state index is 12.8. The summed E-state index contributed by atoms with van der Waals surface area (Å²) in [6.45, 7) is 0. The number of benzene rings is 2. The third kappa shape index (κ3) is 4.56. The maximum absolute atomic E-state index is 12.8. The Balaban J connectivity index is 1.66. The average molecular weight is 477 g/mol. The maximum Gasteiger partial charge on any atom is 0.252 e. The molecule has 0 radical (unpaired) electrons. The van der Waals surface area contributed by atoms with E-state index in [4.69, 9.17) is 14.2 Å². The van der Waals surface area contributed by atoms with Gasteiger partial charge < -0.3 is 19.1 Å². The highest BCUT2D eigenvalue weighted by Crippen LogP contribution is 2.44. The minimum Gasteiger partial charge on any atom is -0.497 e. The molecule has 0 N–H and O–H groups in total. The summed E-state index contributed by atoms with van der Waals surface area (Å²) in [5.74, 6) is 1.60. The molecule has 0 aromatic heterocycles. The highest BCUT2D eigenvalue weighted by molar-refractivity contribution is 8.16. The van der Waals surface area contributed by atoms with Crippen molar-refractivity contribution in [3.8, 4) is 17.2 Å². The number of rotatable bonds is 6. The Morgan fingerprint density at radius 3 is 2.38 bits per heavy atom. The van der Waals surface area contributed by atoms with Gasteiger partial charge in [-0.1, -0.05) is 23.9 Å². The van der Waals surface area contributed by atoms with Crippen LogP contribution in [0.3, 0.4) is 0 Å². The molecule has 0 aliphatic carbocycles. The first-order valence-corrected chi connectivity index (χ1v) is 12.7. The van der Waals surface area contributed by atoms with E-state index in [9.17, 15) is 13.2 Å². The van der Waals surface area contributed by atoms with E-state index in [0.717, 1.165) is 5.56 Å². The number of hydrogen-bond donors (Lipinski definition) is 0. The van der Waals surface area contributed by atoms with Crippen molar-refractivity contribution < 1.29 is 27.4 Å². The molecule has 8 nitrogen and oxygen atoms in total. The molecule has 0 bridgehead atoms. The molecule has 32 heavy (non-hydrogen) atoms. The van der Waals surface area contributed by atoms with E-state index in [1.165, 1.54) is 18.9 Å². The topological polar surface area (TPSA) is 94.5 Å². The number of carbonyl (C=O) groups excluding carboxylic acids is 1. The zero-order chi connectivity index (χ0) is 22.9. The van der Waals surface area contributed by atoms with Crippen molar-refractivity contribution in [2.75, 3.05) is 37.7 Å². The molecule has 0 spiro atoms. The lowest BCUT2D eigenvalue weighted by Gasteiger charge is -2.26. The van der Waals surface area contributed by atoms with Crippen LogP contribution in [0.4, 0.5) is 5.69 Å². The summed E-state index contributed by atoms with van der Waals surface area (Å²) >= 11 is 1.33. The second-order valence-electron chi connectivity index (χ2n) is 7.52. The van der Waals surface area contributed by atoms with Gasteiger partial charge >= 0.3 is 0 Å². The molecule has 2 aliphatic heterocycles. The van der Waals surface area contributed by atoms with Gasteiger partial charge in [-0.2, -0.15) is 4.99 Å². The first kappa shape index (κ1) is 22.5. The van der Waals surface area contributed by atoms with Crippen LogP contribution < -0.4 is 19.1 Å². The van der Waals surface area contributed by atoms with Crippen molar-refractivity contribution in [3.05, 3.63) is 48.0 Å². The number of hydrogen-bond acceptors (Lipinski definition) is 7. The number of methoxy groups -OCH3 is 3. The number of carbonyl (C=O) groups is 1. The van der Waals surface area contributed by atoms with Gasteiger partial charge in [-0.3, -0.25) is 4.79 Å². The fraction of sp³-hybridized carbons (Fsp3) is 0.364. The molecular formula is C22H24N2O6S2. The van der Waals surface area contributed by atoms with Gasteiger partial charge in [0.2, 0.25) is 0 Å². The molecule has 2 aromatic carbocycles. The van der Waals surface area contributed by atoms with Crippen LogP contribution in [0.1, 0.15) is 5.56 Å². The predicted molar refractivity (Wildman–Crippen MR) is 125 cm³/mol. The van der Waals surface area contributed by atoms with Crippen LogP contribution in [0, 0.1) is 0 Å². The number of ether oxygens (including phenoxy) is 3. The number of amidine groups is 1. The standard InChI is InChI=1S/C22H24N2O6S2/c1-28-15-6-4-14(5-7-15)10-21(25)23-22-24(18-12-32(26,27)13-20(18)31-22)17-9-8-16(29-2)11-19(17)30-3/h4-9,11,18,20H,10,12-13H2,1-3H3/t18-,20-/m1/s1. The van der Waals surface area contributed by atoms with Crippen LogP contribution in [0.2, 0.25) is 0 Å². The second-order valence-corrected chi connectivity index (χ2v) is 10.9. The summed E-state index contributed by atoms with van der Waals surface area (Å²) in [5, 5.41) is 0.288. The molecule has 2 aliphatic rings. The van der Waals surface area contributed by atoms with Crippen LogP contribution >= 0.6 is 11.8 Å². The van der Waals surface area contributed by atoms with E-state index in [2.05, 4.69) is 4.99 Å². The number of fused-ring (bicyclic) bond motifs is 1. The van der Waals surface area contributed by atoms with Crippen molar-refractivity contribution >= 4 is 38.4 Å². The van der Waals surface area contributed by atoms with Gasteiger partial charge in [-0.05, 0) is 29.8 Å². The Labute approximate surface area is 191 Å². The van der Waals surface area contributed by atoms with Crippen molar-refractivity contribution in [1.29, 1.82) is 0 Å². The molecule has 1 amide bonds. The van der Waals surface area contributed by atoms with Gasteiger partial charge in [-0.25, -0.2) is 8.42 Å². The minimum absolute atomic E-state index is 0.00550. The summed E-state index contributed by atoms with van der Waals surface area (Å²) in [6.07, 6.45) is 0.134. The number of nitrogens with zero attached hydrogens (tertiary/aromatic N) is 2. The normalized spacial score (nSPS) is 22.6. The molecule has 170 valence electrons. The summed E-state index contributed by atoms with van der Waals surface area (Å²) in [5.41, 5.74) is 1.47. The van der Waals surface area contributed by atoms with Crippen LogP contribution in [-0.4, -0.2) is 63.6 Å². The van der Waals surface area contributed by atoms with E-state index < -0.39 is 9.84 Å². The first-order chi connectivity index (χ1) is 15.3. The Hall–Kier alpha value is -2.72. The van der Waals surface area contributed by atoms with E-state index in [1.54, 1.807) is 44.6 Å². The lowest BCUT2D eigenvalue weighted by molar-refractivity contribution is -0.117. The van der Waals surface area contributed by atoms with Crippen LogP contribution in [-0.2, 0) is 21.1 Å². The van der Waals surface area contributed by atoms with Crippen molar-refractivity contribution in [2.45, 2.75) is 17.7 Å². The van der Waals surface area contributed by atoms with Gasteiger partial charge in [0.25, 0.3) is 5.91 Å². The van der Waals surface area contributed by atoms with Crippen molar-refractivity contribution in [2.24, 2.45) is 4.99 Å². The average Bonchev–Trinajstić information content (AvgIpc) is 3.24. The van der Waals surface area contributed by atoms with Crippen LogP contribution in [0.5, 0.6) is 17.2 Å². The second kappa shape index (κ2) is 9.03. The Kier molecular flexibility index (Phi) is 6.34. The molecule has 4 rings (SSSR count). The number of sulfone groups is 1. The number of thioether (sulfide) groups is 1. The highest BCUT2D eigenvalue weighted by Gasteiger charge is 2.50. The molecule has 10 heteroatoms. The molecule has 0 saturated carbocycles. The van der Waals surface area contributed by atoms with E-state index in [1.807, 2.05) is 17.0 Å². The van der Waals surface area contributed by atoms with Gasteiger partial charge in [0.05, 0.1) is 51.0 Å². The van der Waals surface area contributed by atoms with Gasteiger partial charge in [0.1, 0.15) is 17.2 Å². The van der Waals surface area contributed by atoms with Crippen molar-refractivity contribution in [3.63, 3.8) is 0 Å². The third-order valence-corrected chi connectivity index (χ3v) is 8.66. The lowest BCUT2D eigenvalue weighted by atomic mass is 10.1. The fourth-order valence-electron chi connectivity index (χ4n) is 3.89. The zero-order valence-electron chi connectivity index (χ0n) is 18.0. The molecule has 0 unspecified atom stereocenters. The molecule has 2 fully saturated rings. The van der Waals surface area contributed by atoms with Gasteiger partial charge in [-0.15, -0.1) is 0 Å². The third-order valence-electron chi connectivity index (χ3n) is 5.45. The number of amides is 1. The fourth-order valence-corrected chi connectivity index (χ4v) is 7.82. The zero-order valence-corrected chi connectivity index (χ0v) is 19.6. The van der Waals surface area contributed by atoms with E-state index in [0.29, 0.717) is 28.1 Å². The first-order valence-electron chi connectivity index (χ1n) is 9.96. The lowest BCUT2D eigenvalue weighted by Crippen LogP contribution is -2.38. The molecule has 2 aromatic rings. The molecular weight excluding hydrogens is 452 g/mol. The predicted octanol–water partition coefficient (Wildman–Crippen LogP) is 2.56. The number of anilines is 1. The molecule has 2 atom stereocenters. The number of aliphatic imine (C=N–C) groups is 1. The van der Waals surface area contributed by atoms with Crippen molar-refractivity contribution in [1.82, 2.24) is 0 Å². The Morgan fingerprint density at radius 1 is 1.03 bits per heavy atom. The molecule has 2 saturated heterocycles. The van der Waals surface area contributed by atoms with Gasteiger partial charge in [0, 0.05) is 11.3 Å². The summed E-state index contributed by atoms with van der Waals surface area (Å²) in [6, 6.07) is 12.2. The highest BCUT2D eigenvalue weighted by atomic mass is 32.2. The summed E-state index contributed by atoms with van der Waals surface area (Å²) in [4.78, 5) is 19.0. The largest absolute Gasteiger partial charge is 0.497 e. The van der Waals surface area contributed by atoms with E-state index >= 15 is 0 Å². The SMILES string of the molecule is COc1ccc(CC(=O)N=C2S[C@@H]3CS(=O)(=O)C[C@H]3N2c2ccc(OC)cc2OC)cc1.